The molecule has 3 rings (SSSR count). The van der Waals surface area contributed by atoms with Crippen LogP contribution in [0.15, 0.2) is 10.9 Å². The molecule has 0 unspecified atom stereocenters. The minimum absolute atomic E-state index is 0.143. The molecule has 0 bridgehead atoms. The van der Waals surface area contributed by atoms with Crippen LogP contribution >= 0.6 is 22.9 Å². The van der Waals surface area contributed by atoms with Crippen LogP contribution in [-0.2, 0) is 5.88 Å². The number of pyridine rings is 1. The van der Waals surface area contributed by atoms with Crippen molar-refractivity contribution in [2.24, 2.45) is 0 Å². The van der Waals surface area contributed by atoms with Crippen LogP contribution in [0, 0.1) is 13.8 Å². The van der Waals surface area contributed by atoms with Crippen LogP contribution in [0.3, 0.4) is 0 Å². The molecule has 4 nitrogen and oxygen atoms in total. The highest BCUT2D eigenvalue weighted by atomic mass is 35.5. The van der Waals surface area contributed by atoms with Gasteiger partial charge in [0.05, 0.1) is 11.4 Å². The third kappa shape index (κ3) is 1.62. The summed E-state index contributed by atoms with van der Waals surface area (Å²) in [5.41, 5.74) is 2.60. The fourth-order valence-electron chi connectivity index (χ4n) is 2.10. The van der Waals surface area contributed by atoms with E-state index in [0.717, 1.165) is 21.5 Å². The van der Waals surface area contributed by atoms with Crippen molar-refractivity contribution in [3.05, 3.63) is 33.5 Å². The van der Waals surface area contributed by atoms with E-state index in [-0.39, 0.29) is 11.4 Å². The topological polar surface area (TPSA) is 58.6 Å². The number of aromatic amines is 1. The molecule has 0 spiro atoms. The summed E-state index contributed by atoms with van der Waals surface area (Å²) in [6, 6.07) is 2.00. The summed E-state index contributed by atoms with van der Waals surface area (Å²) in [6.07, 6.45) is 0. The predicted octanol–water partition coefficient (Wildman–Crippen LogP) is 2.89. The monoisotopic (exact) mass is 279 g/mol. The average molecular weight is 280 g/mol. The quantitative estimate of drug-likeness (QED) is 0.697. The number of aromatic nitrogens is 3. The molecule has 1 N–H and O–H groups in total. The number of rotatable bonds is 1. The van der Waals surface area contributed by atoms with E-state index in [9.17, 15) is 4.79 Å². The van der Waals surface area contributed by atoms with Crippen molar-refractivity contribution in [2.75, 3.05) is 0 Å². The fraction of sp³-hybridized carbons (Fsp3) is 0.250. The molecule has 0 fully saturated rings. The molecule has 0 aliphatic heterocycles. The van der Waals surface area contributed by atoms with Crippen molar-refractivity contribution >= 4 is 43.4 Å². The zero-order valence-electron chi connectivity index (χ0n) is 9.87. The van der Waals surface area contributed by atoms with Crippen LogP contribution in [0.4, 0.5) is 0 Å². The number of nitrogens with zero attached hydrogens (tertiary/aromatic N) is 2. The van der Waals surface area contributed by atoms with Crippen LogP contribution in [0.2, 0.25) is 0 Å². The normalized spacial score (nSPS) is 11.5. The Hall–Kier alpha value is -1.46. The van der Waals surface area contributed by atoms with E-state index in [1.165, 1.54) is 11.3 Å². The van der Waals surface area contributed by atoms with Crippen LogP contribution in [0.25, 0.3) is 20.4 Å². The van der Waals surface area contributed by atoms with Crippen molar-refractivity contribution in [1.29, 1.82) is 0 Å². The summed E-state index contributed by atoms with van der Waals surface area (Å²) in [6.45, 7) is 3.95. The van der Waals surface area contributed by atoms with E-state index in [1.54, 1.807) is 0 Å². The molecular formula is C12H10ClN3OS. The minimum atomic E-state index is -0.143. The number of H-pyrrole nitrogens is 1. The molecule has 0 saturated carbocycles. The summed E-state index contributed by atoms with van der Waals surface area (Å²) in [4.78, 5) is 24.4. The lowest BCUT2D eigenvalue weighted by Crippen LogP contribution is -2.09. The molecule has 0 atom stereocenters. The van der Waals surface area contributed by atoms with Gasteiger partial charge < -0.3 is 4.98 Å². The Morgan fingerprint density at radius 3 is 2.89 bits per heavy atom. The first-order valence-electron chi connectivity index (χ1n) is 5.45. The lowest BCUT2D eigenvalue weighted by Gasteiger charge is -1.99. The van der Waals surface area contributed by atoms with E-state index in [1.807, 2.05) is 19.9 Å². The molecule has 0 amide bonds. The Morgan fingerprint density at radius 2 is 2.17 bits per heavy atom. The van der Waals surface area contributed by atoms with Crippen LogP contribution in [-0.4, -0.2) is 15.0 Å². The summed E-state index contributed by atoms with van der Waals surface area (Å²) in [5, 5.41) is 0.957. The maximum absolute atomic E-state index is 12.0. The third-order valence-electron chi connectivity index (χ3n) is 2.80. The second kappa shape index (κ2) is 4.03. The van der Waals surface area contributed by atoms with Gasteiger partial charge in [0, 0.05) is 11.1 Å². The van der Waals surface area contributed by atoms with E-state index in [4.69, 9.17) is 11.6 Å². The Labute approximate surface area is 112 Å². The van der Waals surface area contributed by atoms with Gasteiger partial charge in [-0.2, -0.15) is 0 Å². The Kier molecular flexibility index (Phi) is 2.60. The molecule has 6 heteroatoms. The first kappa shape index (κ1) is 11.6. The van der Waals surface area contributed by atoms with Gasteiger partial charge in [-0.25, -0.2) is 9.97 Å². The number of thiophene rings is 1. The highest BCUT2D eigenvalue weighted by molar-refractivity contribution is 7.25. The molecule has 0 aromatic carbocycles. The van der Waals surface area contributed by atoms with E-state index in [2.05, 4.69) is 15.0 Å². The first-order valence-corrected chi connectivity index (χ1v) is 6.81. The van der Waals surface area contributed by atoms with Gasteiger partial charge in [0.2, 0.25) is 0 Å². The van der Waals surface area contributed by atoms with Gasteiger partial charge in [0.15, 0.2) is 0 Å². The number of aryl methyl sites for hydroxylation is 2. The maximum Gasteiger partial charge on any atom is 0.268 e. The fourth-order valence-corrected chi connectivity index (χ4v) is 3.35. The number of halogens is 1. The van der Waals surface area contributed by atoms with E-state index < -0.39 is 0 Å². The molecule has 0 radical (unpaired) electrons. The largest absolute Gasteiger partial charge is 0.308 e. The predicted molar refractivity (Wildman–Crippen MR) is 74.6 cm³/mol. The first-order chi connectivity index (χ1) is 8.60. The van der Waals surface area contributed by atoms with Crippen molar-refractivity contribution in [3.63, 3.8) is 0 Å². The molecular weight excluding hydrogens is 270 g/mol. The van der Waals surface area contributed by atoms with E-state index >= 15 is 0 Å². The zero-order chi connectivity index (χ0) is 12.9. The summed E-state index contributed by atoms with van der Waals surface area (Å²) < 4.78 is 0.611. The zero-order valence-corrected chi connectivity index (χ0v) is 11.4. The lowest BCUT2D eigenvalue weighted by molar-refractivity contribution is 1.04. The number of hydrogen-bond donors (Lipinski definition) is 1. The highest BCUT2D eigenvalue weighted by Crippen LogP contribution is 2.31. The molecule has 0 aliphatic carbocycles. The van der Waals surface area contributed by atoms with Crippen LogP contribution in [0.1, 0.15) is 17.1 Å². The molecule has 18 heavy (non-hydrogen) atoms. The average Bonchev–Trinajstić information content (AvgIpc) is 2.67. The van der Waals surface area contributed by atoms with Crippen LogP contribution < -0.4 is 5.56 Å². The summed E-state index contributed by atoms with van der Waals surface area (Å²) in [5.74, 6) is 0.690. The van der Waals surface area contributed by atoms with Gasteiger partial charge in [0.1, 0.15) is 15.4 Å². The standard InChI is InChI=1S/C12H10ClN3OS/c1-5-3-6(2)14-12-8(5)9-10(18-12)11(17)16-7(4-13)15-9/h3H,4H2,1-2H3,(H,15,16,17). The smallest absolute Gasteiger partial charge is 0.268 e. The summed E-state index contributed by atoms with van der Waals surface area (Å²) >= 11 is 7.11. The van der Waals surface area contributed by atoms with Crippen molar-refractivity contribution in [1.82, 2.24) is 15.0 Å². The number of nitrogens with one attached hydrogen (secondary N) is 1. The SMILES string of the molecule is Cc1cc(C)c2c(n1)sc1c(=O)[nH]c(CCl)nc12. The maximum atomic E-state index is 12.0. The van der Waals surface area contributed by atoms with Gasteiger partial charge in [-0.1, -0.05) is 0 Å². The molecule has 3 aromatic heterocycles. The number of hydrogen-bond acceptors (Lipinski definition) is 4. The molecule has 3 heterocycles. The minimum Gasteiger partial charge on any atom is -0.308 e. The van der Waals surface area contributed by atoms with Gasteiger partial charge in [-0.15, -0.1) is 22.9 Å². The Morgan fingerprint density at radius 1 is 1.39 bits per heavy atom. The van der Waals surface area contributed by atoms with Gasteiger partial charge in [-0.05, 0) is 25.5 Å². The molecule has 0 saturated heterocycles. The molecule has 92 valence electrons. The van der Waals surface area contributed by atoms with Gasteiger partial charge in [0.25, 0.3) is 5.56 Å². The summed E-state index contributed by atoms with van der Waals surface area (Å²) in [7, 11) is 0. The Balaban J connectivity index is 2.57. The van der Waals surface area contributed by atoms with Gasteiger partial charge >= 0.3 is 0 Å². The number of fused-ring (bicyclic) bond motifs is 3. The van der Waals surface area contributed by atoms with Crippen molar-refractivity contribution in [2.45, 2.75) is 19.7 Å². The Bertz CT molecular complexity index is 821. The third-order valence-corrected chi connectivity index (χ3v) is 4.12. The highest BCUT2D eigenvalue weighted by Gasteiger charge is 2.14. The molecule has 3 aromatic rings. The van der Waals surface area contributed by atoms with Gasteiger partial charge in [-0.3, -0.25) is 4.79 Å². The van der Waals surface area contributed by atoms with E-state index in [0.29, 0.717) is 16.0 Å². The molecule has 0 aliphatic rings. The lowest BCUT2D eigenvalue weighted by atomic mass is 10.1. The van der Waals surface area contributed by atoms with Crippen molar-refractivity contribution in [3.8, 4) is 0 Å². The number of alkyl halides is 1. The van der Waals surface area contributed by atoms with Crippen LogP contribution in [0.5, 0.6) is 0 Å². The second-order valence-electron chi connectivity index (χ2n) is 4.19. The van der Waals surface area contributed by atoms with Crippen molar-refractivity contribution < 1.29 is 0 Å². The second-order valence-corrected chi connectivity index (χ2v) is 5.45.